The number of aryl methyl sites for hydroxylation is 1. The predicted molar refractivity (Wildman–Crippen MR) is 76.5 cm³/mol. The van der Waals surface area contributed by atoms with Crippen LogP contribution in [0.1, 0.15) is 24.1 Å². The molecule has 1 aliphatic rings. The predicted octanol–water partition coefficient (Wildman–Crippen LogP) is 1.72. The summed E-state index contributed by atoms with van der Waals surface area (Å²) in [6.07, 6.45) is 0. The van der Waals surface area contributed by atoms with E-state index in [0.29, 0.717) is 12.6 Å². The molecule has 0 aliphatic carbocycles. The van der Waals surface area contributed by atoms with Crippen LogP contribution in [0.15, 0.2) is 18.2 Å². The molecule has 1 aliphatic heterocycles. The second-order valence-electron chi connectivity index (χ2n) is 5.14. The molecule has 1 aromatic carbocycles. The lowest BCUT2D eigenvalue weighted by Crippen LogP contribution is -2.47. The van der Waals surface area contributed by atoms with Crippen molar-refractivity contribution in [2.45, 2.75) is 25.9 Å². The zero-order chi connectivity index (χ0) is 13.8. The maximum absolute atomic E-state index is 6.00. The number of rotatable bonds is 4. The second kappa shape index (κ2) is 6.37. The van der Waals surface area contributed by atoms with E-state index in [9.17, 15) is 0 Å². The molecule has 2 atom stereocenters. The van der Waals surface area contributed by atoms with Gasteiger partial charge in [-0.15, -0.1) is 0 Å². The van der Waals surface area contributed by atoms with Gasteiger partial charge in [-0.25, -0.2) is 0 Å². The third-order valence-corrected chi connectivity index (χ3v) is 3.85. The smallest absolute Gasteiger partial charge is 0.121 e. The van der Waals surface area contributed by atoms with Gasteiger partial charge in [-0.05, 0) is 31.0 Å². The van der Waals surface area contributed by atoms with Crippen molar-refractivity contribution in [2.75, 3.05) is 33.4 Å². The summed E-state index contributed by atoms with van der Waals surface area (Å²) in [5.74, 6) is 0.926. The standard InChI is InChI=1S/C15H24N2O2/c1-11-8-13(4-5-15(11)18-3)14(9-16)17-6-7-19-10-12(17)2/h4-5,8,12,14H,6-7,9-10,16H2,1-3H3. The summed E-state index contributed by atoms with van der Waals surface area (Å²) in [4.78, 5) is 2.44. The Morgan fingerprint density at radius 1 is 1.53 bits per heavy atom. The third kappa shape index (κ3) is 3.08. The highest BCUT2D eigenvalue weighted by atomic mass is 16.5. The molecule has 0 spiro atoms. The Morgan fingerprint density at radius 3 is 2.89 bits per heavy atom. The van der Waals surface area contributed by atoms with E-state index in [1.807, 2.05) is 6.07 Å². The largest absolute Gasteiger partial charge is 0.496 e. The van der Waals surface area contributed by atoms with Crippen molar-refractivity contribution in [3.8, 4) is 5.75 Å². The molecule has 1 saturated heterocycles. The number of nitrogens with two attached hydrogens (primary N) is 1. The number of methoxy groups -OCH3 is 1. The van der Waals surface area contributed by atoms with Crippen molar-refractivity contribution < 1.29 is 9.47 Å². The molecule has 1 fully saturated rings. The minimum atomic E-state index is 0.253. The zero-order valence-electron chi connectivity index (χ0n) is 12.1. The van der Waals surface area contributed by atoms with E-state index in [-0.39, 0.29) is 6.04 Å². The van der Waals surface area contributed by atoms with E-state index in [1.54, 1.807) is 7.11 Å². The maximum atomic E-state index is 6.00. The highest BCUT2D eigenvalue weighted by molar-refractivity contribution is 5.37. The molecule has 2 N–H and O–H groups in total. The van der Waals surface area contributed by atoms with Gasteiger partial charge in [0.2, 0.25) is 0 Å². The topological polar surface area (TPSA) is 47.7 Å². The molecule has 0 amide bonds. The number of ether oxygens (including phenoxy) is 2. The van der Waals surface area contributed by atoms with Crippen LogP contribution in [0.2, 0.25) is 0 Å². The third-order valence-electron chi connectivity index (χ3n) is 3.85. The molecule has 0 radical (unpaired) electrons. The van der Waals surface area contributed by atoms with Crippen LogP contribution in [0.4, 0.5) is 0 Å². The Hall–Kier alpha value is -1.10. The Morgan fingerprint density at radius 2 is 2.32 bits per heavy atom. The lowest BCUT2D eigenvalue weighted by atomic mass is 10.0. The van der Waals surface area contributed by atoms with Gasteiger partial charge in [0.15, 0.2) is 0 Å². The van der Waals surface area contributed by atoms with Gasteiger partial charge in [0.1, 0.15) is 5.75 Å². The number of nitrogens with zero attached hydrogens (tertiary/aromatic N) is 1. The van der Waals surface area contributed by atoms with Crippen LogP contribution >= 0.6 is 0 Å². The van der Waals surface area contributed by atoms with Crippen LogP contribution in [0, 0.1) is 6.92 Å². The molecule has 2 rings (SSSR count). The van der Waals surface area contributed by atoms with Crippen LogP contribution in [0.25, 0.3) is 0 Å². The van der Waals surface area contributed by atoms with Crippen molar-refractivity contribution in [3.05, 3.63) is 29.3 Å². The highest BCUT2D eigenvalue weighted by Crippen LogP contribution is 2.27. The number of benzene rings is 1. The van der Waals surface area contributed by atoms with Crippen LogP contribution in [-0.4, -0.2) is 44.4 Å². The van der Waals surface area contributed by atoms with E-state index in [2.05, 4.69) is 30.9 Å². The van der Waals surface area contributed by atoms with Crippen LogP contribution in [-0.2, 0) is 4.74 Å². The number of hydrogen-bond donors (Lipinski definition) is 1. The van der Waals surface area contributed by atoms with Gasteiger partial charge in [-0.3, -0.25) is 4.90 Å². The summed E-state index contributed by atoms with van der Waals surface area (Å²) in [5.41, 5.74) is 8.42. The average molecular weight is 264 g/mol. The minimum Gasteiger partial charge on any atom is -0.496 e. The van der Waals surface area contributed by atoms with E-state index in [4.69, 9.17) is 15.2 Å². The Bertz CT molecular complexity index is 423. The van der Waals surface area contributed by atoms with E-state index in [1.165, 1.54) is 5.56 Å². The molecule has 0 bridgehead atoms. The monoisotopic (exact) mass is 264 g/mol. The van der Waals surface area contributed by atoms with Gasteiger partial charge < -0.3 is 15.2 Å². The Balaban J connectivity index is 2.23. The lowest BCUT2D eigenvalue weighted by Gasteiger charge is -2.39. The highest BCUT2D eigenvalue weighted by Gasteiger charge is 2.27. The van der Waals surface area contributed by atoms with Gasteiger partial charge in [-0.1, -0.05) is 12.1 Å². The molecule has 4 heteroatoms. The first-order valence-corrected chi connectivity index (χ1v) is 6.85. The fraction of sp³-hybridized carbons (Fsp3) is 0.600. The van der Waals surface area contributed by atoms with Gasteiger partial charge in [0.25, 0.3) is 0 Å². The summed E-state index contributed by atoms with van der Waals surface area (Å²) >= 11 is 0. The summed E-state index contributed by atoms with van der Waals surface area (Å²) in [7, 11) is 1.70. The fourth-order valence-corrected chi connectivity index (χ4v) is 2.77. The summed E-state index contributed by atoms with van der Waals surface area (Å²) in [5, 5.41) is 0. The summed E-state index contributed by atoms with van der Waals surface area (Å²) < 4.78 is 10.8. The molecule has 2 unspecified atom stereocenters. The first-order chi connectivity index (χ1) is 9.17. The molecular weight excluding hydrogens is 240 g/mol. The van der Waals surface area contributed by atoms with Crippen molar-refractivity contribution in [1.82, 2.24) is 4.90 Å². The van der Waals surface area contributed by atoms with Crippen LogP contribution in [0.5, 0.6) is 5.75 Å². The van der Waals surface area contributed by atoms with E-state index in [0.717, 1.165) is 31.1 Å². The van der Waals surface area contributed by atoms with Crippen molar-refractivity contribution in [2.24, 2.45) is 5.73 Å². The van der Waals surface area contributed by atoms with E-state index < -0.39 is 0 Å². The van der Waals surface area contributed by atoms with Crippen LogP contribution < -0.4 is 10.5 Å². The zero-order valence-corrected chi connectivity index (χ0v) is 12.1. The molecular formula is C15H24N2O2. The first-order valence-electron chi connectivity index (χ1n) is 6.85. The van der Waals surface area contributed by atoms with E-state index >= 15 is 0 Å². The quantitative estimate of drug-likeness (QED) is 0.899. The molecule has 1 aromatic rings. The molecule has 106 valence electrons. The van der Waals surface area contributed by atoms with Gasteiger partial charge in [0.05, 0.1) is 20.3 Å². The minimum absolute atomic E-state index is 0.253. The Kier molecular flexibility index (Phi) is 4.80. The number of hydrogen-bond acceptors (Lipinski definition) is 4. The molecule has 4 nitrogen and oxygen atoms in total. The first kappa shape index (κ1) is 14.3. The summed E-state index contributed by atoms with van der Waals surface area (Å²) in [6.45, 7) is 7.39. The number of morpholine rings is 1. The van der Waals surface area contributed by atoms with Crippen molar-refractivity contribution in [3.63, 3.8) is 0 Å². The average Bonchev–Trinajstić information content (AvgIpc) is 2.42. The SMILES string of the molecule is COc1ccc(C(CN)N2CCOCC2C)cc1C. The lowest BCUT2D eigenvalue weighted by molar-refractivity contribution is -0.0209. The fourth-order valence-electron chi connectivity index (χ4n) is 2.77. The molecule has 19 heavy (non-hydrogen) atoms. The second-order valence-corrected chi connectivity index (χ2v) is 5.14. The van der Waals surface area contributed by atoms with Crippen molar-refractivity contribution >= 4 is 0 Å². The van der Waals surface area contributed by atoms with Crippen LogP contribution in [0.3, 0.4) is 0 Å². The molecule has 0 saturated carbocycles. The van der Waals surface area contributed by atoms with Gasteiger partial charge >= 0.3 is 0 Å². The summed E-state index contributed by atoms with van der Waals surface area (Å²) in [6, 6.07) is 6.98. The van der Waals surface area contributed by atoms with Gasteiger partial charge in [0, 0.05) is 25.2 Å². The molecule has 1 heterocycles. The Labute approximate surface area is 115 Å². The maximum Gasteiger partial charge on any atom is 0.121 e. The molecule has 0 aromatic heterocycles. The normalized spacial score (nSPS) is 22.2. The van der Waals surface area contributed by atoms with Gasteiger partial charge in [-0.2, -0.15) is 0 Å². The van der Waals surface area contributed by atoms with Crippen molar-refractivity contribution in [1.29, 1.82) is 0 Å².